The van der Waals surface area contributed by atoms with Gasteiger partial charge < -0.3 is 20.2 Å². The molecule has 9 heteroatoms. The third-order valence-corrected chi connectivity index (χ3v) is 7.06. The van der Waals surface area contributed by atoms with Crippen LogP contribution in [0.3, 0.4) is 0 Å². The lowest BCUT2D eigenvalue weighted by atomic mass is 9.92. The third-order valence-electron chi connectivity index (χ3n) is 7.06. The topological polar surface area (TPSA) is 101 Å². The highest BCUT2D eigenvalue weighted by Gasteiger charge is 2.38. The summed E-state index contributed by atoms with van der Waals surface area (Å²) >= 11 is 0. The molecule has 2 aromatic heterocycles. The van der Waals surface area contributed by atoms with Crippen LogP contribution >= 0.6 is 0 Å². The first-order valence-electron chi connectivity index (χ1n) is 12.0. The van der Waals surface area contributed by atoms with E-state index in [4.69, 9.17) is 5.26 Å². The molecule has 0 bridgehead atoms. The molecule has 2 N–H and O–H groups in total. The smallest absolute Gasteiger partial charge is 0.227 e. The average molecular weight is 476 g/mol. The number of nitriles is 1. The maximum atomic E-state index is 14.4. The second kappa shape index (κ2) is 8.93. The van der Waals surface area contributed by atoms with Crippen molar-refractivity contribution in [1.82, 2.24) is 15.0 Å². The molecule has 2 saturated heterocycles. The van der Waals surface area contributed by atoms with Gasteiger partial charge in [0.05, 0.1) is 24.1 Å². The minimum Gasteiger partial charge on any atom is -0.387 e. The number of piperidine rings is 1. The number of anilines is 4. The Labute approximate surface area is 204 Å². The Balaban J connectivity index is 1.42. The normalized spacial score (nSPS) is 22.8. The maximum absolute atomic E-state index is 14.4. The molecular weight excluding hydrogens is 445 g/mol. The Bertz CT molecular complexity index is 1280. The van der Waals surface area contributed by atoms with Gasteiger partial charge in [0.2, 0.25) is 5.95 Å². The van der Waals surface area contributed by atoms with E-state index >= 15 is 0 Å². The number of halogens is 1. The zero-order chi connectivity index (χ0) is 24.7. The van der Waals surface area contributed by atoms with E-state index in [2.05, 4.69) is 57.2 Å². The summed E-state index contributed by atoms with van der Waals surface area (Å²) < 4.78 is 14.4. The highest BCUT2D eigenvalue weighted by atomic mass is 19.1. The molecule has 8 nitrogen and oxygen atoms in total. The molecule has 0 amide bonds. The van der Waals surface area contributed by atoms with Gasteiger partial charge >= 0.3 is 0 Å². The number of hydrogen-bond acceptors (Lipinski definition) is 8. The molecule has 2 aliphatic rings. The predicted octanol–water partition coefficient (Wildman–Crippen LogP) is 4.15. The first-order chi connectivity index (χ1) is 16.7. The fourth-order valence-electron chi connectivity index (χ4n) is 4.73. The van der Waals surface area contributed by atoms with Crippen molar-refractivity contribution in [3.63, 3.8) is 0 Å². The number of fused-ring (bicyclic) bond motifs is 1. The van der Waals surface area contributed by atoms with Gasteiger partial charge in [-0.25, -0.2) is 14.4 Å². The molecule has 0 radical (unpaired) electrons. The summed E-state index contributed by atoms with van der Waals surface area (Å²) in [5.74, 6) is 2.06. The van der Waals surface area contributed by atoms with Crippen LogP contribution < -0.4 is 15.1 Å². The first kappa shape index (κ1) is 23.2. The molecule has 5 rings (SSSR count). The summed E-state index contributed by atoms with van der Waals surface area (Å²) in [7, 11) is 0. The second-order valence-electron chi connectivity index (χ2n) is 10.1. The zero-order valence-corrected chi connectivity index (χ0v) is 20.2. The van der Waals surface area contributed by atoms with Crippen molar-refractivity contribution in [3.8, 4) is 6.07 Å². The van der Waals surface area contributed by atoms with E-state index in [1.165, 1.54) is 12.5 Å². The molecule has 4 heterocycles. The number of nitrogens with zero attached hydrogens (tertiary/aromatic N) is 6. The van der Waals surface area contributed by atoms with Crippen LogP contribution in [-0.2, 0) is 0 Å². The fraction of sp³-hybridized carbons (Fsp3) is 0.462. The summed E-state index contributed by atoms with van der Waals surface area (Å²) in [5, 5.41) is 24.7. The van der Waals surface area contributed by atoms with E-state index in [0.29, 0.717) is 36.5 Å². The summed E-state index contributed by atoms with van der Waals surface area (Å²) in [4.78, 5) is 17.5. The molecule has 0 saturated carbocycles. The van der Waals surface area contributed by atoms with Crippen molar-refractivity contribution in [3.05, 3.63) is 42.2 Å². The van der Waals surface area contributed by atoms with Crippen molar-refractivity contribution in [2.75, 3.05) is 41.3 Å². The Morgan fingerprint density at radius 3 is 2.66 bits per heavy atom. The molecule has 0 spiro atoms. The van der Waals surface area contributed by atoms with E-state index in [1.54, 1.807) is 17.2 Å². The van der Waals surface area contributed by atoms with Gasteiger partial charge in [-0.05, 0) is 48.4 Å². The van der Waals surface area contributed by atoms with E-state index in [9.17, 15) is 9.50 Å². The van der Waals surface area contributed by atoms with Gasteiger partial charge in [-0.2, -0.15) is 10.2 Å². The Morgan fingerprint density at radius 1 is 1.14 bits per heavy atom. The summed E-state index contributed by atoms with van der Waals surface area (Å²) in [5.41, 5.74) is 1.00. The highest BCUT2D eigenvalue weighted by molar-refractivity contribution is 5.98. The van der Waals surface area contributed by atoms with Gasteiger partial charge in [0, 0.05) is 43.1 Å². The SMILES string of the molecule is CC(C)c1ccc(N2CC(C#N)C2)c2cnc(Nc3ccnc(N4CC[C@@](C)(O)[C@@H](F)C4)n3)cc12. The number of hydrogen-bond donors (Lipinski definition) is 2. The Hall–Kier alpha value is -3.51. The Kier molecular flexibility index (Phi) is 5.93. The van der Waals surface area contributed by atoms with Gasteiger partial charge in [-0.1, -0.05) is 19.9 Å². The average Bonchev–Trinajstić information content (AvgIpc) is 2.80. The predicted molar refractivity (Wildman–Crippen MR) is 135 cm³/mol. The highest BCUT2D eigenvalue weighted by Crippen LogP contribution is 2.37. The monoisotopic (exact) mass is 475 g/mol. The molecule has 0 unspecified atom stereocenters. The molecule has 0 aliphatic carbocycles. The minimum absolute atomic E-state index is 0.0500. The van der Waals surface area contributed by atoms with E-state index in [1.807, 2.05) is 12.3 Å². The Morgan fingerprint density at radius 2 is 1.94 bits per heavy atom. The van der Waals surface area contributed by atoms with Crippen molar-refractivity contribution < 1.29 is 9.50 Å². The number of aliphatic hydroxyl groups is 1. The third kappa shape index (κ3) is 4.46. The van der Waals surface area contributed by atoms with E-state index in [0.717, 1.165) is 29.5 Å². The van der Waals surface area contributed by atoms with Gasteiger partial charge in [0.15, 0.2) is 0 Å². The number of rotatable bonds is 5. The van der Waals surface area contributed by atoms with E-state index in [-0.39, 0.29) is 12.5 Å². The van der Waals surface area contributed by atoms with Gasteiger partial charge in [-0.15, -0.1) is 0 Å². The second-order valence-corrected chi connectivity index (χ2v) is 10.1. The zero-order valence-electron chi connectivity index (χ0n) is 20.2. The summed E-state index contributed by atoms with van der Waals surface area (Å²) in [6.07, 6.45) is 2.46. The van der Waals surface area contributed by atoms with Crippen LogP contribution in [0, 0.1) is 17.2 Å². The van der Waals surface area contributed by atoms with Crippen LogP contribution in [-0.4, -0.2) is 58.0 Å². The maximum Gasteiger partial charge on any atom is 0.227 e. The molecular formula is C26H30FN7O. The molecule has 2 fully saturated rings. The number of pyridine rings is 1. The number of nitrogens with one attached hydrogen (secondary N) is 1. The van der Waals surface area contributed by atoms with Gasteiger partial charge in [0.25, 0.3) is 0 Å². The van der Waals surface area contributed by atoms with Crippen molar-refractivity contribution in [2.24, 2.45) is 5.92 Å². The molecule has 35 heavy (non-hydrogen) atoms. The fourth-order valence-corrected chi connectivity index (χ4v) is 4.73. The number of benzene rings is 1. The van der Waals surface area contributed by atoms with Crippen LogP contribution in [0.15, 0.2) is 36.7 Å². The van der Waals surface area contributed by atoms with Crippen LogP contribution in [0.25, 0.3) is 10.8 Å². The van der Waals surface area contributed by atoms with Crippen molar-refractivity contribution in [2.45, 2.75) is 44.9 Å². The minimum atomic E-state index is -1.36. The van der Waals surface area contributed by atoms with Gasteiger partial charge in [0.1, 0.15) is 17.8 Å². The lowest BCUT2D eigenvalue weighted by Gasteiger charge is -2.38. The lowest BCUT2D eigenvalue weighted by Crippen LogP contribution is -2.52. The quantitative estimate of drug-likeness (QED) is 0.568. The van der Waals surface area contributed by atoms with Crippen LogP contribution in [0.5, 0.6) is 0 Å². The summed E-state index contributed by atoms with van der Waals surface area (Å²) in [6.45, 7) is 7.87. The number of alkyl halides is 1. The van der Waals surface area contributed by atoms with Crippen molar-refractivity contribution >= 4 is 34.0 Å². The largest absolute Gasteiger partial charge is 0.387 e. The van der Waals surface area contributed by atoms with Gasteiger partial charge in [-0.3, -0.25) is 0 Å². The van der Waals surface area contributed by atoms with Crippen LogP contribution in [0.4, 0.5) is 27.7 Å². The van der Waals surface area contributed by atoms with Crippen LogP contribution in [0.1, 0.15) is 38.7 Å². The summed E-state index contributed by atoms with van der Waals surface area (Å²) in [6, 6.07) is 10.4. The van der Waals surface area contributed by atoms with Crippen molar-refractivity contribution in [1.29, 1.82) is 5.26 Å². The number of aromatic nitrogens is 3. The molecule has 2 atom stereocenters. The standard InChI is InChI=1S/C26H30FN7O/c1-16(2)18-4-5-21(34-13-17(11-28)14-34)20-12-30-24(10-19(18)20)31-23-6-8-29-25(32-23)33-9-7-26(3,35)22(27)15-33/h4-6,8,10,12,16-17,22,35H,7,9,13-15H2,1-3H3,(H,29,30,31,32)/t22-,26+/m0/s1. The van der Waals surface area contributed by atoms with Crippen LogP contribution in [0.2, 0.25) is 0 Å². The lowest BCUT2D eigenvalue weighted by molar-refractivity contribution is -0.0332. The first-order valence-corrected chi connectivity index (χ1v) is 12.0. The molecule has 2 aliphatic heterocycles. The molecule has 182 valence electrons. The molecule has 1 aromatic carbocycles. The van der Waals surface area contributed by atoms with E-state index < -0.39 is 11.8 Å². The molecule has 3 aromatic rings.